The molecule has 0 aliphatic carbocycles. The molecule has 0 atom stereocenters. The number of amides is 2. The molecular weight excluding hydrogens is 334 g/mol. The molecule has 2 amide bonds. The normalized spacial score (nSPS) is 13.2. The number of methoxy groups -OCH3 is 1. The van der Waals surface area contributed by atoms with Crippen LogP contribution >= 0.6 is 0 Å². The van der Waals surface area contributed by atoms with Crippen LogP contribution in [0.2, 0.25) is 0 Å². The number of carbonyl (C=O) groups excluding carboxylic acids is 2. The summed E-state index contributed by atoms with van der Waals surface area (Å²) in [5.74, 6) is 0.564. The van der Waals surface area contributed by atoms with Crippen molar-refractivity contribution in [2.24, 2.45) is 0 Å². The summed E-state index contributed by atoms with van der Waals surface area (Å²) in [5, 5.41) is 12.3. The van der Waals surface area contributed by atoms with Crippen molar-refractivity contribution < 1.29 is 14.3 Å². The standard InChI is InChI=1S/C18H15N5O3/c1-26-13-6-4-5-12(11-13)16-19-21-23(20-16)10-9-22-17(24)14-7-2-3-8-15(14)18(22)25/h2-8,11H,9-10H2,1H3. The second-order valence-corrected chi connectivity index (χ2v) is 5.75. The van der Waals surface area contributed by atoms with Crippen molar-refractivity contribution in [1.29, 1.82) is 0 Å². The van der Waals surface area contributed by atoms with Gasteiger partial charge in [0, 0.05) is 5.56 Å². The van der Waals surface area contributed by atoms with Gasteiger partial charge in [0.1, 0.15) is 5.75 Å². The number of aromatic nitrogens is 4. The number of tetrazole rings is 1. The first kappa shape index (κ1) is 15.9. The van der Waals surface area contributed by atoms with Gasteiger partial charge in [-0.3, -0.25) is 14.5 Å². The van der Waals surface area contributed by atoms with E-state index in [0.29, 0.717) is 22.7 Å². The summed E-state index contributed by atoms with van der Waals surface area (Å²) >= 11 is 0. The molecule has 0 bridgehead atoms. The zero-order valence-corrected chi connectivity index (χ0v) is 14.0. The van der Waals surface area contributed by atoms with Crippen LogP contribution in [0.4, 0.5) is 0 Å². The summed E-state index contributed by atoms with van der Waals surface area (Å²) in [4.78, 5) is 27.3. The first-order chi connectivity index (χ1) is 12.7. The highest BCUT2D eigenvalue weighted by molar-refractivity contribution is 6.21. The van der Waals surface area contributed by atoms with Crippen molar-refractivity contribution in [2.45, 2.75) is 6.54 Å². The number of benzene rings is 2. The molecule has 0 saturated heterocycles. The maximum atomic E-state index is 12.4. The quantitative estimate of drug-likeness (QED) is 0.651. The van der Waals surface area contributed by atoms with Crippen LogP contribution in [-0.4, -0.2) is 50.6 Å². The molecule has 26 heavy (non-hydrogen) atoms. The van der Waals surface area contributed by atoms with E-state index in [1.165, 1.54) is 9.70 Å². The summed E-state index contributed by atoms with van der Waals surface area (Å²) in [5.41, 5.74) is 1.64. The Hall–Kier alpha value is -3.55. The third-order valence-corrected chi connectivity index (χ3v) is 4.18. The summed E-state index contributed by atoms with van der Waals surface area (Å²) in [6.07, 6.45) is 0. The molecule has 8 nitrogen and oxygen atoms in total. The smallest absolute Gasteiger partial charge is 0.261 e. The van der Waals surface area contributed by atoms with Gasteiger partial charge in [-0.15, -0.1) is 10.2 Å². The molecule has 0 unspecified atom stereocenters. The van der Waals surface area contributed by atoms with Gasteiger partial charge < -0.3 is 4.74 Å². The van der Waals surface area contributed by atoms with Crippen LogP contribution in [-0.2, 0) is 6.54 Å². The predicted molar refractivity (Wildman–Crippen MR) is 91.6 cm³/mol. The van der Waals surface area contributed by atoms with Crippen LogP contribution in [0.25, 0.3) is 11.4 Å². The van der Waals surface area contributed by atoms with Crippen molar-refractivity contribution in [3.63, 3.8) is 0 Å². The van der Waals surface area contributed by atoms with Crippen LogP contribution in [0.15, 0.2) is 48.5 Å². The number of fused-ring (bicyclic) bond motifs is 1. The van der Waals surface area contributed by atoms with Gasteiger partial charge in [0.25, 0.3) is 11.8 Å². The number of carbonyl (C=O) groups is 2. The number of hydrogen-bond donors (Lipinski definition) is 0. The highest BCUT2D eigenvalue weighted by Crippen LogP contribution is 2.22. The summed E-state index contributed by atoms with van der Waals surface area (Å²) in [7, 11) is 1.59. The lowest BCUT2D eigenvalue weighted by molar-refractivity contribution is 0.0645. The fourth-order valence-electron chi connectivity index (χ4n) is 2.85. The fraction of sp³-hybridized carbons (Fsp3) is 0.167. The van der Waals surface area contributed by atoms with E-state index in [1.807, 2.05) is 24.3 Å². The van der Waals surface area contributed by atoms with E-state index < -0.39 is 0 Å². The third-order valence-electron chi connectivity index (χ3n) is 4.18. The molecule has 0 fully saturated rings. The molecule has 1 aromatic heterocycles. The summed E-state index contributed by atoms with van der Waals surface area (Å²) in [6, 6.07) is 14.1. The fourth-order valence-corrected chi connectivity index (χ4v) is 2.85. The van der Waals surface area contributed by atoms with E-state index >= 15 is 0 Å². The molecule has 0 saturated carbocycles. The van der Waals surface area contributed by atoms with E-state index in [4.69, 9.17) is 4.74 Å². The van der Waals surface area contributed by atoms with Crippen molar-refractivity contribution in [3.8, 4) is 17.1 Å². The molecule has 0 spiro atoms. The molecule has 2 heterocycles. The van der Waals surface area contributed by atoms with Gasteiger partial charge in [0.05, 0.1) is 31.3 Å². The molecule has 1 aliphatic rings. The van der Waals surface area contributed by atoms with Crippen LogP contribution in [0.1, 0.15) is 20.7 Å². The van der Waals surface area contributed by atoms with Crippen molar-refractivity contribution in [2.75, 3.05) is 13.7 Å². The van der Waals surface area contributed by atoms with Crippen LogP contribution in [0.5, 0.6) is 5.75 Å². The van der Waals surface area contributed by atoms with Crippen molar-refractivity contribution >= 4 is 11.8 Å². The first-order valence-corrected chi connectivity index (χ1v) is 8.05. The second kappa shape index (κ2) is 6.40. The SMILES string of the molecule is COc1cccc(-c2nnn(CCN3C(=O)c4ccccc4C3=O)n2)c1. The monoisotopic (exact) mass is 349 g/mol. The highest BCUT2D eigenvalue weighted by Gasteiger charge is 2.34. The topological polar surface area (TPSA) is 90.2 Å². The van der Waals surface area contributed by atoms with Crippen LogP contribution in [0.3, 0.4) is 0 Å². The average Bonchev–Trinajstić information content (AvgIpc) is 3.25. The summed E-state index contributed by atoms with van der Waals surface area (Å²) in [6.45, 7) is 0.447. The van der Waals surface area contributed by atoms with E-state index in [2.05, 4.69) is 15.4 Å². The zero-order valence-electron chi connectivity index (χ0n) is 14.0. The molecule has 2 aromatic carbocycles. The Morgan fingerprint density at radius 3 is 2.38 bits per heavy atom. The lowest BCUT2D eigenvalue weighted by Gasteiger charge is -2.12. The third kappa shape index (κ3) is 2.71. The van der Waals surface area contributed by atoms with E-state index in [9.17, 15) is 9.59 Å². The number of imide groups is 1. The van der Waals surface area contributed by atoms with Gasteiger partial charge >= 0.3 is 0 Å². The average molecular weight is 349 g/mol. The van der Waals surface area contributed by atoms with E-state index in [1.54, 1.807) is 31.4 Å². The Kier molecular flexibility index (Phi) is 3.92. The molecule has 4 rings (SSSR count). The highest BCUT2D eigenvalue weighted by atomic mass is 16.5. The zero-order chi connectivity index (χ0) is 18.1. The Balaban J connectivity index is 1.47. The number of nitrogens with zero attached hydrogens (tertiary/aromatic N) is 5. The predicted octanol–water partition coefficient (Wildman–Crippen LogP) is 1.64. The minimum atomic E-state index is -0.293. The van der Waals surface area contributed by atoms with Gasteiger partial charge in [-0.2, -0.15) is 4.80 Å². The van der Waals surface area contributed by atoms with Gasteiger partial charge in [0.2, 0.25) is 5.82 Å². The molecule has 8 heteroatoms. The van der Waals surface area contributed by atoms with Gasteiger partial charge in [-0.05, 0) is 29.5 Å². The lowest BCUT2D eigenvalue weighted by atomic mass is 10.1. The van der Waals surface area contributed by atoms with Crippen molar-refractivity contribution in [3.05, 3.63) is 59.7 Å². The van der Waals surface area contributed by atoms with E-state index in [0.717, 1.165) is 5.56 Å². The summed E-state index contributed by atoms with van der Waals surface area (Å²) < 4.78 is 5.19. The number of ether oxygens (including phenoxy) is 1. The largest absolute Gasteiger partial charge is 0.497 e. The number of hydrogen-bond acceptors (Lipinski definition) is 6. The molecule has 0 N–H and O–H groups in total. The van der Waals surface area contributed by atoms with Gasteiger partial charge in [-0.25, -0.2) is 0 Å². The molecule has 3 aromatic rings. The second-order valence-electron chi connectivity index (χ2n) is 5.75. The van der Waals surface area contributed by atoms with Gasteiger partial charge in [0.15, 0.2) is 0 Å². The van der Waals surface area contributed by atoms with Crippen LogP contribution in [0, 0.1) is 0 Å². The van der Waals surface area contributed by atoms with Gasteiger partial charge in [-0.1, -0.05) is 24.3 Å². The first-order valence-electron chi connectivity index (χ1n) is 8.05. The Bertz CT molecular complexity index is 963. The maximum absolute atomic E-state index is 12.4. The molecular formula is C18H15N5O3. The Labute approximate surface area is 149 Å². The molecule has 0 radical (unpaired) electrons. The molecule has 1 aliphatic heterocycles. The van der Waals surface area contributed by atoms with E-state index in [-0.39, 0.29) is 24.9 Å². The maximum Gasteiger partial charge on any atom is 0.261 e. The van der Waals surface area contributed by atoms with Crippen LogP contribution < -0.4 is 4.74 Å². The minimum Gasteiger partial charge on any atom is -0.497 e. The minimum absolute atomic E-state index is 0.181. The number of rotatable bonds is 5. The Morgan fingerprint density at radius 2 is 1.69 bits per heavy atom. The van der Waals surface area contributed by atoms with Crippen molar-refractivity contribution in [1.82, 2.24) is 25.1 Å². The lowest BCUT2D eigenvalue weighted by Crippen LogP contribution is -2.33. The Morgan fingerprint density at radius 1 is 0.962 bits per heavy atom. The molecule has 130 valence electrons.